The highest BCUT2D eigenvalue weighted by molar-refractivity contribution is 6.08. The van der Waals surface area contributed by atoms with Gasteiger partial charge < -0.3 is 4.57 Å². The van der Waals surface area contributed by atoms with Gasteiger partial charge in [0.1, 0.15) is 0 Å². The predicted molar refractivity (Wildman–Crippen MR) is 76.2 cm³/mol. The van der Waals surface area contributed by atoms with Crippen molar-refractivity contribution in [3.8, 4) is 6.07 Å². The first kappa shape index (κ1) is 13.4. The zero-order chi connectivity index (χ0) is 13.8. The van der Waals surface area contributed by atoms with E-state index in [1.807, 2.05) is 31.3 Å². The van der Waals surface area contributed by atoms with Crippen molar-refractivity contribution >= 4 is 16.7 Å². The van der Waals surface area contributed by atoms with Crippen LogP contribution in [-0.2, 0) is 6.54 Å². The van der Waals surface area contributed by atoms with Gasteiger partial charge in [-0.25, -0.2) is 0 Å². The maximum Gasteiger partial charge on any atom is 0.164 e. The van der Waals surface area contributed by atoms with Gasteiger partial charge in [-0.1, -0.05) is 20.3 Å². The summed E-state index contributed by atoms with van der Waals surface area (Å²) in [6.07, 6.45) is 4.63. The van der Waals surface area contributed by atoms with E-state index >= 15 is 0 Å². The molecule has 0 amide bonds. The maximum absolute atomic E-state index is 12.0. The molecule has 0 bridgehead atoms. The lowest BCUT2D eigenvalue weighted by Gasteiger charge is -2.03. The molecule has 0 aliphatic rings. The highest BCUT2D eigenvalue weighted by Crippen LogP contribution is 2.24. The van der Waals surface area contributed by atoms with Gasteiger partial charge in [0.2, 0.25) is 0 Å². The third-order valence-electron chi connectivity index (χ3n) is 3.38. The first-order valence-electron chi connectivity index (χ1n) is 6.77. The second-order valence-corrected chi connectivity index (χ2v) is 4.71. The Balaban J connectivity index is 2.59. The molecule has 0 fully saturated rings. The van der Waals surface area contributed by atoms with E-state index < -0.39 is 0 Å². The van der Waals surface area contributed by atoms with Crippen molar-refractivity contribution in [3.63, 3.8) is 0 Å². The van der Waals surface area contributed by atoms with Gasteiger partial charge in [-0.2, -0.15) is 5.26 Å². The van der Waals surface area contributed by atoms with Crippen molar-refractivity contribution < 1.29 is 4.79 Å². The molecule has 2 rings (SSSR count). The van der Waals surface area contributed by atoms with Gasteiger partial charge in [-0.3, -0.25) is 4.79 Å². The summed E-state index contributed by atoms with van der Waals surface area (Å²) < 4.78 is 2.13. The first-order chi connectivity index (χ1) is 9.21. The number of hydrogen-bond acceptors (Lipinski definition) is 2. The molecule has 1 heterocycles. The van der Waals surface area contributed by atoms with E-state index in [0.29, 0.717) is 12.0 Å². The fourth-order valence-corrected chi connectivity index (χ4v) is 2.29. The maximum atomic E-state index is 12.0. The van der Waals surface area contributed by atoms with E-state index in [2.05, 4.69) is 17.6 Å². The minimum atomic E-state index is 0.135. The molecule has 98 valence electrons. The quantitative estimate of drug-likeness (QED) is 0.759. The number of benzene rings is 1. The van der Waals surface area contributed by atoms with Crippen molar-refractivity contribution in [1.82, 2.24) is 4.57 Å². The van der Waals surface area contributed by atoms with E-state index in [-0.39, 0.29) is 5.78 Å². The molecule has 0 saturated heterocycles. The van der Waals surface area contributed by atoms with E-state index in [0.717, 1.165) is 35.9 Å². The summed E-state index contributed by atoms with van der Waals surface area (Å²) in [7, 11) is 0. The molecule has 3 nitrogen and oxygen atoms in total. The number of Topliss-reactive ketones (excluding diaryl/α,β-unsaturated/α-hetero) is 1. The Kier molecular flexibility index (Phi) is 4.01. The van der Waals surface area contributed by atoms with Gasteiger partial charge in [-0.05, 0) is 24.6 Å². The number of carbonyl (C=O) groups is 1. The van der Waals surface area contributed by atoms with Crippen molar-refractivity contribution in [2.75, 3.05) is 0 Å². The number of hydrogen-bond donors (Lipinski definition) is 0. The molecule has 0 saturated carbocycles. The average molecular weight is 254 g/mol. The van der Waals surface area contributed by atoms with Crippen LogP contribution in [0.4, 0.5) is 0 Å². The molecular formula is C16H18N2O. The van der Waals surface area contributed by atoms with Crippen LogP contribution >= 0.6 is 0 Å². The standard InChI is InChI=1S/C16H18N2O/c1-3-5-8-18-11-14(16(19)4-2)13-9-12(10-17)6-7-15(13)18/h6-7,9,11H,3-5,8H2,1-2H3. The summed E-state index contributed by atoms with van der Waals surface area (Å²) in [6.45, 7) is 4.93. The number of fused-ring (bicyclic) bond motifs is 1. The molecule has 0 N–H and O–H groups in total. The lowest BCUT2D eigenvalue weighted by Crippen LogP contribution is -1.97. The Morgan fingerprint density at radius 3 is 2.79 bits per heavy atom. The van der Waals surface area contributed by atoms with Gasteiger partial charge in [-0.15, -0.1) is 0 Å². The number of nitrogens with zero attached hydrogens (tertiary/aromatic N) is 2. The van der Waals surface area contributed by atoms with E-state index in [9.17, 15) is 4.79 Å². The van der Waals surface area contributed by atoms with Crippen LogP contribution in [0.2, 0.25) is 0 Å². The Morgan fingerprint density at radius 2 is 2.16 bits per heavy atom. The molecule has 2 aromatic rings. The van der Waals surface area contributed by atoms with Crippen LogP contribution in [0, 0.1) is 11.3 Å². The topological polar surface area (TPSA) is 45.8 Å². The van der Waals surface area contributed by atoms with Crippen LogP contribution in [0.15, 0.2) is 24.4 Å². The van der Waals surface area contributed by atoms with Gasteiger partial charge in [0.25, 0.3) is 0 Å². The zero-order valence-electron chi connectivity index (χ0n) is 11.4. The van der Waals surface area contributed by atoms with Crippen LogP contribution in [0.3, 0.4) is 0 Å². The lowest BCUT2D eigenvalue weighted by atomic mass is 10.1. The molecule has 1 aromatic heterocycles. The third-order valence-corrected chi connectivity index (χ3v) is 3.38. The molecule has 1 aromatic carbocycles. The van der Waals surface area contributed by atoms with Gasteiger partial charge in [0.15, 0.2) is 5.78 Å². The second-order valence-electron chi connectivity index (χ2n) is 4.71. The SMILES string of the molecule is CCCCn1cc(C(=O)CC)c2cc(C#N)ccc21. The normalized spacial score (nSPS) is 10.6. The molecular weight excluding hydrogens is 236 g/mol. The average Bonchev–Trinajstić information content (AvgIpc) is 2.82. The van der Waals surface area contributed by atoms with Crippen molar-refractivity contribution in [2.24, 2.45) is 0 Å². The summed E-state index contributed by atoms with van der Waals surface area (Å²) in [6, 6.07) is 7.71. The summed E-state index contributed by atoms with van der Waals surface area (Å²) in [5.41, 5.74) is 2.39. The molecule has 0 aliphatic carbocycles. The Morgan fingerprint density at radius 1 is 1.37 bits per heavy atom. The number of rotatable bonds is 5. The number of nitriles is 1. The van der Waals surface area contributed by atoms with E-state index in [1.165, 1.54) is 0 Å². The minimum absolute atomic E-state index is 0.135. The smallest absolute Gasteiger partial charge is 0.164 e. The molecule has 0 unspecified atom stereocenters. The molecule has 19 heavy (non-hydrogen) atoms. The molecule has 0 atom stereocenters. The highest BCUT2D eigenvalue weighted by Gasteiger charge is 2.14. The summed E-state index contributed by atoms with van der Waals surface area (Å²) >= 11 is 0. The van der Waals surface area contributed by atoms with Crippen LogP contribution in [0.1, 0.15) is 49.0 Å². The van der Waals surface area contributed by atoms with Gasteiger partial charge in [0.05, 0.1) is 11.6 Å². The number of aromatic nitrogens is 1. The number of carbonyl (C=O) groups excluding carboxylic acids is 1. The second kappa shape index (κ2) is 5.71. The number of aryl methyl sites for hydroxylation is 1. The van der Waals surface area contributed by atoms with Crippen LogP contribution in [-0.4, -0.2) is 10.4 Å². The van der Waals surface area contributed by atoms with Crippen molar-refractivity contribution in [2.45, 2.75) is 39.7 Å². The summed E-state index contributed by atoms with van der Waals surface area (Å²) in [5, 5.41) is 9.89. The third kappa shape index (κ3) is 2.53. The van der Waals surface area contributed by atoms with E-state index in [1.54, 1.807) is 0 Å². The molecule has 0 spiro atoms. The Labute approximate surface area is 113 Å². The first-order valence-corrected chi connectivity index (χ1v) is 6.77. The minimum Gasteiger partial charge on any atom is -0.347 e. The lowest BCUT2D eigenvalue weighted by molar-refractivity contribution is 0.0989. The largest absolute Gasteiger partial charge is 0.347 e. The predicted octanol–water partition coefficient (Wildman–Crippen LogP) is 3.91. The zero-order valence-corrected chi connectivity index (χ0v) is 11.4. The number of ketones is 1. The summed E-state index contributed by atoms with van der Waals surface area (Å²) in [4.78, 5) is 12.0. The van der Waals surface area contributed by atoms with Crippen LogP contribution in [0.5, 0.6) is 0 Å². The Bertz CT molecular complexity index is 647. The van der Waals surface area contributed by atoms with Crippen LogP contribution < -0.4 is 0 Å². The molecule has 0 aliphatic heterocycles. The fourth-order valence-electron chi connectivity index (χ4n) is 2.29. The van der Waals surface area contributed by atoms with Crippen molar-refractivity contribution in [3.05, 3.63) is 35.5 Å². The monoisotopic (exact) mass is 254 g/mol. The summed E-state index contributed by atoms with van der Waals surface area (Å²) in [5.74, 6) is 0.135. The molecule has 0 radical (unpaired) electrons. The van der Waals surface area contributed by atoms with Gasteiger partial charge >= 0.3 is 0 Å². The molecule has 3 heteroatoms. The van der Waals surface area contributed by atoms with Crippen LogP contribution in [0.25, 0.3) is 10.9 Å². The van der Waals surface area contributed by atoms with E-state index in [4.69, 9.17) is 5.26 Å². The highest BCUT2D eigenvalue weighted by atomic mass is 16.1. The Hall–Kier alpha value is -2.08. The number of unbranched alkanes of at least 4 members (excludes halogenated alkanes) is 1. The van der Waals surface area contributed by atoms with Crippen molar-refractivity contribution in [1.29, 1.82) is 5.26 Å². The van der Waals surface area contributed by atoms with Gasteiger partial charge in [0, 0.05) is 35.6 Å². The fraction of sp³-hybridized carbons (Fsp3) is 0.375.